The predicted octanol–water partition coefficient (Wildman–Crippen LogP) is 3.52. The average molecular weight is 292 g/mol. The molecule has 0 aliphatic carbocycles. The van der Waals surface area contributed by atoms with Crippen molar-refractivity contribution in [2.45, 2.75) is 19.8 Å². The Morgan fingerprint density at radius 3 is 2.35 bits per heavy atom. The molecule has 0 saturated carbocycles. The molecule has 4 nitrogen and oxygen atoms in total. The van der Waals surface area contributed by atoms with Crippen molar-refractivity contribution in [2.24, 2.45) is 0 Å². The zero-order chi connectivity index (χ0) is 14.9. The maximum atomic E-state index is 12.0. The minimum Gasteiger partial charge on any atom is -0.477 e. The molecule has 0 atom stereocenters. The van der Waals surface area contributed by atoms with E-state index in [0.29, 0.717) is 16.4 Å². The Labute approximate surface area is 121 Å². The fourth-order valence-corrected chi connectivity index (χ4v) is 2.14. The quantitative estimate of drug-likeness (QED) is 0.909. The van der Waals surface area contributed by atoms with Gasteiger partial charge in [0.15, 0.2) is 5.43 Å². The summed E-state index contributed by atoms with van der Waals surface area (Å²) in [5.41, 5.74) is 1.10. The van der Waals surface area contributed by atoms with Gasteiger partial charge in [0.2, 0.25) is 0 Å². The zero-order valence-electron chi connectivity index (χ0n) is 11.1. The molecule has 0 fully saturated rings. The molecule has 1 heterocycles. The van der Waals surface area contributed by atoms with Gasteiger partial charge >= 0.3 is 5.97 Å². The number of H-pyrrole nitrogens is 1. The van der Waals surface area contributed by atoms with Gasteiger partial charge in [-0.05, 0) is 23.6 Å². The first kappa shape index (κ1) is 14.3. The van der Waals surface area contributed by atoms with Gasteiger partial charge in [-0.15, -0.1) is 0 Å². The van der Waals surface area contributed by atoms with Crippen LogP contribution in [0.5, 0.6) is 0 Å². The second-order valence-electron chi connectivity index (χ2n) is 4.80. The molecular formula is C15H14ClNO3. The lowest BCUT2D eigenvalue weighted by molar-refractivity contribution is 0.0693. The summed E-state index contributed by atoms with van der Waals surface area (Å²) >= 11 is 5.83. The van der Waals surface area contributed by atoms with Gasteiger partial charge in [0.25, 0.3) is 0 Å². The van der Waals surface area contributed by atoms with E-state index in [1.165, 1.54) is 6.07 Å². The Morgan fingerprint density at radius 2 is 1.85 bits per heavy atom. The second-order valence-corrected chi connectivity index (χ2v) is 5.24. The van der Waals surface area contributed by atoms with Crippen LogP contribution >= 0.6 is 11.6 Å². The van der Waals surface area contributed by atoms with Crippen LogP contribution in [0.3, 0.4) is 0 Å². The highest BCUT2D eigenvalue weighted by Gasteiger charge is 2.19. The third kappa shape index (κ3) is 2.75. The van der Waals surface area contributed by atoms with Gasteiger partial charge in [-0.25, -0.2) is 4.79 Å². The van der Waals surface area contributed by atoms with Gasteiger partial charge < -0.3 is 10.1 Å². The molecule has 0 saturated heterocycles. The average Bonchev–Trinajstić information content (AvgIpc) is 2.37. The number of carboxylic acids is 1. The van der Waals surface area contributed by atoms with Crippen molar-refractivity contribution in [3.63, 3.8) is 0 Å². The number of aromatic nitrogens is 1. The minimum absolute atomic E-state index is 0.0962. The van der Waals surface area contributed by atoms with Crippen molar-refractivity contribution in [1.29, 1.82) is 0 Å². The van der Waals surface area contributed by atoms with Crippen LogP contribution in [-0.2, 0) is 0 Å². The maximum absolute atomic E-state index is 12.0. The highest BCUT2D eigenvalue weighted by Crippen LogP contribution is 2.22. The summed E-state index contributed by atoms with van der Waals surface area (Å²) in [4.78, 5) is 26.3. The van der Waals surface area contributed by atoms with Crippen LogP contribution in [0, 0.1) is 0 Å². The first-order valence-electron chi connectivity index (χ1n) is 6.16. The van der Waals surface area contributed by atoms with Crippen LogP contribution < -0.4 is 5.43 Å². The number of rotatable bonds is 3. The SMILES string of the molecule is CC(C)c1[nH]c(-c2ccc(Cl)cc2)cc(=O)c1C(=O)O. The van der Waals surface area contributed by atoms with Gasteiger partial charge in [0.05, 0.1) is 0 Å². The van der Waals surface area contributed by atoms with Crippen molar-refractivity contribution in [3.8, 4) is 11.3 Å². The Morgan fingerprint density at radius 1 is 1.25 bits per heavy atom. The highest BCUT2D eigenvalue weighted by atomic mass is 35.5. The van der Waals surface area contributed by atoms with E-state index >= 15 is 0 Å². The first-order chi connectivity index (χ1) is 9.40. The number of hydrogen-bond donors (Lipinski definition) is 2. The summed E-state index contributed by atoms with van der Waals surface area (Å²) in [5.74, 6) is -1.31. The van der Waals surface area contributed by atoms with E-state index in [1.807, 2.05) is 13.8 Å². The second kappa shape index (κ2) is 5.51. The van der Waals surface area contributed by atoms with Crippen LogP contribution in [0.1, 0.15) is 35.8 Å². The van der Waals surface area contributed by atoms with Gasteiger partial charge in [0.1, 0.15) is 5.56 Å². The molecular weight excluding hydrogens is 278 g/mol. The number of benzene rings is 1. The smallest absolute Gasteiger partial charge is 0.341 e. The van der Waals surface area contributed by atoms with Crippen molar-refractivity contribution >= 4 is 17.6 Å². The van der Waals surface area contributed by atoms with Gasteiger partial charge in [-0.1, -0.05) is 37.6 Å². The number of aromatic amines is 1. The topological polar surface area (TPSA) is 70.2 Å². The van der Waals surface area contributed by atoms with Crippen molar-refractivity contribution in [1.82, 2.24) is 4.98 Å². The largest absolute Gasteiger partial charge is 0.477 e. The third-order valence-corrected chi connectivity index (χ3v) is 3.26. The van der Waals surface area contributed by atoms with E-state index < -0.39 is 11.4 Å². The molecule has 2 rings (SSSR count). The Hall–Kier alpha value is -2.07. The van der Waals surface area contributed by atoms with Crippen molar-refractivity contribution in [3.05, 3.63) is 56.8 Å². The van der Waals surface area contributed by atoms with E-state index in [4.69, 9.17) is 16.7 Å². The zero-order valence-corrected chi connectivity index (χ0v) is 11.9. The molecule has 0 amide bonds. The summed E-state index contributed by atoms with van der Waals surface area (Å²) in [5, 5.41) is 9.76. The normalized spacial score (nSPS) is 10.8. The molecule has 104 valence electrons. The van der Waals surface area contributed by atoms with E-state index in [-0.39, 0.29) is 11.5 Å². The molecule has 0 unspecified atom stereocenters. The summed E-state index contributed by atoms with van der Waals surface area (Å²) in [6.07, 6.45) is 0. The molecule has 0 aliphatic heterocycles. The third-order valence-electron chi connectivity index (χ3n) is 3.01. The van der Waals surface area contributed by atoms with Gasteiger partial charge in [-0.2, -0.15) is 0 Å². The molecule has 1 aromatic heterocycles. The van der Waals surface area contributed by atoms with E-state index in [2.05, 4.69) is 4.98 Å². The lowest BCUT2D eigenvalue weighted by atomic mass is 10.0. The lowest BCUT2D eigenvalue weighted by Gasteiger charge is -2.12. The van der Waals surface area contributed by atoms with Crippen LogP contribution in [0.2, 0.25) is 5.02 Å². The van der Waals surface area contributed by atoms with E-state index in [9.17, 15) is 9.59 Å². The summed E-state index contributed by atoms with van der Waals surface area (Å²) in [7, 11) is 0. The van der Waals surface area contributed by atoms with Crippen LogP contribution in [0.4, 0.5) is 0 Å². The molecule has 0 radical (unpaired) electrons. The number of aromatic carboxylic acids is 1. The summed E-state index contributed by atoms with van der Waals surface area (Å²) in [6.45, 7) is 3.67. The van der Waals surface area contributed by atoms with Crippen LogP contribution in [0.15, 0.2) is 35.1 Å². The molecule has 1 aromatic carbocycles. The molecule has 0 bridgehead atoms. The van der Waals surface area contributed by atoms with Crippen molar-refractivity contribution < 1.29 is 9.90 Å². The fourth-order valence-electron chi connectivity index (χ4n) is 2.02. The van der Waals surface area contributed by atoms with Crippen molar-refractivity contribution in [2.75, 3.05) is 0 Å². The predicted molar refractivity (Wildman–Crippen MR) is 78.6 cm³/mol. The molecule has 2 N–H and O–H groups in total. The standard InChI is InChI=1S/C15H14ClNO3/c1-8(2)14-13(15(19)20)12(18)7-11(17-14)9-3-5-10(16)6-4-9/h3-8H,1-2H3,(H,17,18)(H,19,20). The summed E-state index contributed by atoms with van der Waals surface area (Å²) < 4.78 is 0. The first-order valence-corrected chi connectivity index (χ1v) is 6.54. The van der Waals surface area contributed by atoms with Gasteiger partial charge in [0, 0.05) is 22.5 Å². The monoisotopic (exact) mass is 291 g/mol. The Bertz CT molecular complexity index is 702. The molecule has 2 aromatic rings. The minimum atomic E-state index is -1.21. The van der Waals surface area contributed by atoms with Gasteiger partial charge in [-0.3, -0.25) is 4.79 Å². The molecule has 0 spiro atoms. The number of carboxylic acid groups (broad SMARTS) is 1. The number of hydrogen-bond acceptors (Lipinski definition) is 2. The molecule has 20 heavy (non-hydrogen) atoms. The van der Waals surface area contributed by atoms with Crippen LogP contribution in [0.25, 0.3) is 11.3 Å². The summed E-state index contributed by atoms with van der Waals surface area (Å²) in [6, 6.07) is 8.29. The number of nitrogens with one attached hydrogen (secondary N) is 1. The number of pyridine rings is 1. The Kier molecular flexibility index (Phi) is 3.95. The highest BCUT2D eigenvalue weighted by molar-refractivity contribution is 6.30. The molecule has 0 aliphatic rings. The van der Waals surface area contributed by atoms with E-state index in [0.717, 1.165) is 5.56 Å². The van der Waals surface area contributed by atoms with Crippen LogP contribution in [-0.4, -0.2) is 16.1 Å². The molecule has 5 heteroatoms. The number of carbonyl (C=O) groups is 1. The lowest BCUT2D eigenvalue weighted by Crippen LogP contribution is -2.20. The Balaban J connectivity index is 2.66. The fraction of sp³-hybridized carbons (Fsp3) is 0.200. The van der Waals surface area contributed by atoms with E-state index in [1.54, 1.807) is 24.3 Å². The maximum Gasteiger partial charge on any atom is 0.341 e. The number of halogens is 1.